The van der Waals surface area contributed by atoms with Crippen LogP contribution in [0.3, 0.4) is 0 Å². The van der Waals surface area contributed by atoms with Crippen LogP contribution in [0.2, 0.25) is 0 Å². The maximum absolute atomic E-state index is 12.5. The highest BCUT2D eigenvalue weighted by molar-refractivity contribution is 8.77. The molecule has 38 heavy (non-hydrogen) atoms. The highest BCUT2D eigenvalue weighted by Gasteiger charge is 2.18. The summed E-state index contributed by atoms with van der Waals surface area (Å²) in [5, 5.41) is 8.89. The maximum atomic E-state index is 12.5. The smallest absolute Gasteiger partial charge is 0.251 e. The van der Waals surface area contributed by atoms with Crippen LogP contribution in [0.4, 0.5) is 0 Å². The Morgan fingerprint density at radius 3 is 2.50 bits per heavy atom. The number of rotatable bonds is 17. The number of carbonyl (C=O) groups is 2. The Morgan fingerprint density at radius 2 is 1.82 bits per heavy atom. The van der Waals surface area contributed by atoms with Crippen LogP contribution in [-0.2, 0) is 14.3 Å². The molecule has 3 N–H and O–H groups in total. The second-order valence-electron chi connectivity index (χ2n) is 10.1. The van der Waals surface area contributed by atoms with Crippen molar-refractivity contribution in [1.82, 2.24) is 16.0 Å². The van der Waals surface area contributed by atoms with Gasteiger partial charge in [-0.15, -0.1) is 0 Å². The van der Waals surface area contributed by atoms with E-state index in [0.29, 0.717) is 50.2 Å². The van der Waals surface area contributed by atoms with Crippen molar-refractivity contribution in [1.29, 1.82) is 0 Å². The minimum absolute atomic E-state index is 0.0415. The predicted octanol–water partition coefficient (Wildman–Crippen LogP) is 4.11. The minimum Gasteiger partial charge on any atom is -0.490 e. The summed E-state index contributed by atoms with van der Waals surface area (Å²) in [5.41, 5.74) is 0.283. The van der Waals surface area contributed by atoms with Gasteiger partial charge in [-0.25, -0.2) is 0 Å². The molecule has 1 atom stereocenters. The second-order valence-corrected chi connectivity index (χ2v) is 13.3. The molecule has 1 rings (SSSR count). The second kappa shape index (κ2) is 19.2. The lowest BCUT2D eigenvalue weighted by Gasteiger charge is -2.22. The lowest BCUT2D eigenvalue weighted by atomic mass is 10.2. The van der Waals surface area contributed by atoms with Gasteiger partial charge in [-0.3, -0.25) is 9.59 Å². The van der Waals surface area contributed by atoms with E-state index in [-0.39, 0.29) is 41.1 Å². The highest BCUT2D eigenvalue weighted by atomic mass is 33.1. The van der Waals surface area contributed by atoms with Gasteiger partial charge in [0.25, 0.3) is 5.91 Å². The summed E-state index contributed by atoms with van der Waals surface area (Å²) in [6.07, 6.45) is 0. The normalized spacial score (nSPS) is 12.1. The van der Waals surface area contributed by atoms with Crippen LogP contribution in [-0.4, -0.2) is 74.1 Å². The summed E-state index contributed by atoms with van der Waals surface area (Å²) < 4.78 is 17.4. The molecule has 0 saturated heterocycles. The average Bonchev–Trinajstić information content (AvgIpc) is 2.84. The van der Waals surface area contributed by atoms with Crippen LogP contribution in [0.1, 0.15) is 58.8 Å². The van der Waals surface area contributed by atoms with Gasteiger partial charge in [0.05, 0.1) is 19.8 Å². The summed E-state index contributed by atoms with van der Waals surface area (Å²) in [4.78, 5) is 24.3. The summed E-state index contributed by atoms with van der Waals surface area (Å²) in [6.45, 7) is 17.0. The zero-order valence-electron chi connectivity index (χ0n) is 23.8. The Morgan fingerprint density at radius 1 is 1.05 bits per heavy atom. The van der Waals surface area contributed by atoms with Crippen molar-refractivity contribution in [2.45, 2.75) is 64.7 Å². The van der Waals surface area contributed by atoms with Gasteiger partial charge < -0.3 is 30.2 Å². The first-order valence-electron chi connectivity index (χ1n) is 13.0. The Kier molecular flexibility index (Phi) is 17.2. The maximum Gasteiger partial charge on any atom is 0.251 e. The Balaban J connectivity index is 2.50. The van der Waals surface area contributed by atoms with Crippen LogP contribution < -0.4 is 20.7 Å². The van der Waals surface area contributed by atoms with E-state index in [9.17, 15) is 9.59 Å². The molecule has 8 nitrogen and oxygen atoms in total. The first-order chi connectivity index (χ1) is 18.0. The molecular weight excluding hydrogens is 522 g/mol. The molecule has 0 aliphatic rings. The predicted molar refractivity (Wildman–Crippen MR) is 159 cm³/mol. The van der Waals surface area contributed by atoms with Crippen LogP contribution in [0.5, 0.6) is 5.75 Å². The molecule has 0 saturated carbocycles. The van der Waals surface area contributed by atoms with Gasteiger partial charge in [0.15, 0.2) is 0 Å². The molecule has 0 aliphatic heterocycles. The molecule has 1 aromatic carbocycles. The molecule has 214 valence electrons. The number of benzene rings is 1. The average molecular weight is 568 g/mol. The molecular formula is C28H45N3O5S2. The van der Waals surface area contributed by atoms with Crippen molar-refractivity contribution in [3.05, 3.63) is 29.8 Å². The van der Waals surface area contributed by atoms with E-state index in [1.807, 2.05) is 19.9 Å². The van der Waals surface area contributed by atoms with E-state index < -0.39 is 0 Å². The molecule has 0 bridgehead atoms. The van der Waals surface area contributed by atoms with E-state index in [0.717, 1.165) is 0 Å². The number of nitrogens with one attached hydrogen (secondary N) is 3. The van der Waals surface area contributed by atoms with Gasteiger partial charge in [0.2, 0.25) is 5.91 Å². The van der Waals surface area contributed by atoms with Gasteiger partial charge in [-0.1, -0.05) is 88.0 Å². The zero-order valence-corrected chi connectivity index (χ0v) is 25.5. The SMILES string of the molecule is CC(C)C#CCNC(=O)COCCO[C@H](COc1cccc(C(=O)NCCNC(C)C)c1)SSC(C)(C)C. The Hall–Kier alpha value is -1.90. The van der Waals surface area contributed by atoms with Gasteiger partial charge in [-0.05, 0) is 18.2 Å². The van der Waals surface area contributed by atoms with Gasteiger partial charge in [0, 0.05) is 35.4 Å². The molecule has 10 heteroatoms. The molecule has 0 aliphatic carbocycles. The lowest BCUT2D eigenvalue weighted by molar-refractivity contribution is -0.126. The quantitative estimate of drug-likeness (QED) is 0.112. The molecule has 0 unspecified atom stereocenters. The molecule has 2 amide bonds. The fourth-order valence-corrected chi connectivity index (χ4v) is 4.88. The van der Waals surface area contributed by atoms with E-state index in [2.05, 4.69) is 62.4 Å². The summed E-state index contributed by atoms with van der Waals surface area (Å²) >= 11 is 0. The molecule has 0 spiro atoms. The van der Waals surface area contributed by atoms with E-state index >= 15 is 0 Å². The number of hydrogen-bond acceptors (Lipinski definition) is 8. The van der Waals surface area contributed by atoms with Crippen LogP contribution in [0.15, 0.2) is 24.3 Å². The van der Waals surface area contributed by atoms with Crippen LogP contribution in [0, 0.1) is 17.8 Å². The monoisotopic (exact) mass is 567 g/mol. The molecule has 0 radical (unpaired) electrons. The van der Waals surface area contributed by atoms with Crippen molar-refractivity contribution < 1.29 is 23.8 Å². The summed E-state index contributed by atoms with van der Waals surface area (Å²) in [6, 6.07) is 7.50. The standard InChI is InChI=1S/C28H45N3O5S2/c1-21(2)10-9-13-30-25(32)19-34-16-17-35-26(37-38-28(5,6)7)20-36-24-12-8-11-23(18-24)27(33)31-15-14-29-22(3)4/h8,11-12,18,21-22,26,29H,13-17,19-20H2,1-7H3,(H,30,32)(H,31,33)/t26-/m0/s1. The van der Waals surface area contributed by atoms with Gasteiger partial charge in [0.1, 0.15) is 24.4 Å². The number of ether oxygens (including phenoxy) is 3. The first kappa shape index (κ1) is 34.1. The third kappa shape index (κ3) is 18.4. The topological polar surface area (TPSA) is 97.9 Å². The van der Waals surface area contributed by atoms with Crippen molar-refractivity contribution in [3.8, 4) is 17.6 Å². The first-order valence-corrected chi connectivity index (χ1v) is 15.2. The molecule has 0 heterocycles. The van der Waals surface area contributed by atoms with Crippen molar-refractivity contribution in [2.75, 3.05) is 46.1 Å². The molecule has 1 aromatic rings. The zero-order chi connectivity index (χ0) is 28.4. The summed E-state index contributed by atoms with van der Waals surface area (Å²) in [5.74, 6) is 6.43. The Bertz CT molecular complexity index is 894. The van der Waals surface area contributed by atoms with Crippen LogP contribution >= 0.6 is 21.6 Å². The minimum atomic E-state index is -0.262. The van der Waals surface area contributed by atoms with E-state index in [1.165, 1.54) is 0 Å². The fourth-order valence-electron chi connectivity index (χ4n) is 2.68. The van der Waals surface area contributed by atoms with Crippen molar-refractivity contribution in [3.63, 3.8) is 0 Å². The molecule has 0 fully saturated rings. The third-order valence-electron chi connectivity index (χ3n) is 4.38. The van der Waals surface area contributed by atoms with E-state index in [1.54, 1.807) is 39.8 Å². The number of carbonyl (C=O) groups excluding carboxylic acids is 2. The number of hydrogen-bond donors (Lipinski definition) is 3. The third-order valence-corrected chi connectivity index (χ3v) is 7.90. The summed E-state index contributed by atoms with van der Waals surface area (Å²) in [7, 11) is 3.29. The Labute approximate surface area is 236 Å². The van der Waals surface area contributed by atoms with Crippen molar-refractivity contribution >= 4 is 33.4 Å². The number of amides is 2. The highest BCUT2D eigenvalue weighted by Crippen LogP contribution is 2.38. The largest absolute Gasteiger partial charge is 0.490 e. The lowest BCUT2D eigenvalue weighted by Crippen LogP contribution is -2.34. The van der Waals surface area contributed by atoms with Crippen molar-refractivity contribution in [2.24, 2.45) is 5.92 Å². The van der Waals surface area contributed by atoms with Gasteiger partial charge in [-0.2, -0.15) is 0 Å². The van der Waals surface area contributed by atoms with Gasteiger partial charge >= 0.3 is 0 Å². The fraction of sp³-hybridized carbons (Fsp3) is 0.643. The molecule has 0 aromatic heterocycles. The van der Waals surface area contributed by atoms with Crippen LogP contribution in [0.25, 0.3) is 0 Å². The van der Waals surface area contributed by atoms with E-state index in [4.69, 9.17) is 14.2 Å².